The lowest BCUT2D eigenvalue weighted by molar-refractivity contribution is -0.142. The van der Waals surface area contributed by atoms with Crippen LogP contribution in [0.25, 0.3) is 0 Å². The normalized spacial score (nSPS) is 14.6. The second-order valence-electron chi connectivity index (χ2n) is 4.95. The van der Waals surface area contributed by atoms with E-state index in [0.29, 0.717) is 31.6 Å². The lowest BCUT2D eigenvalue weighted by Gasteiger charge is -2.31. The van der Waals surface area contributed by atoms with Crippen molar-refractivity contribution in [3.05, 3.63) is 0 Å². The predicted molar refractivity (Wildman–Crippen MR) is 66.0 cm³/mol. The van der Waals surface area contributed by atoms with Gasteiger partial charge in [-0.25, -0.2) is 0 Å². The fourth-order valence-electron chi connectivity index (χ4n) is 2.10. The highest BCUT2D eigenvalue weighted by atomic mass is 16.5. The first kappa shape index (κ1) is 16.1. The van der Waals surface area contributed by atoms with E-state index in [1.165, 1.54) is 0 Å². The molecule has 0 heterocycles. The van der Waals surface area contributed by atoms with Crippen molar-refractivity contribution < 1.29 is 19.4 Å². The van der Waals surface area contributed by atoms with Gasteiger partial charge >= 0.3 is 5.97 Å². The highest BCUT2D eigenvalue weighted by Gasteiger charge is 2.35. The minimum absolute atomic E-state index is 0.0315. The zero-order valence-electron chi connectivity index (χ0n) is 11.3. The molecule has 0 fully saturated rings. The van der Waals surface area contributed by atoms with Gasteiger partial charge in [0, 0.05) is 13.5 Å². The van der Waals surface area contributed by atoms with E-state index >= 15 is 0 Å². The smallest absolute Gasteiger partial charge is 0.303 e. The summed E-state index contributed by atoms with van der Waals surface area (Å²) in [5, 5.41) is 8.56. The quantitative estimate of drug-likeness (QED) is 0.633. The third-order valence-corrected chi connectivity index (χ3v) is 2.99. The first-order chi connectivity index (χ1) is 7.84. The third kappa shape index (κ3) is 5.82. The maximum Gasteiger partial charge on any atom is 0.303 e. The number of hydrogen-bond acceptors (Lipinski definition) is 3. The number of carboxylic acid groups (broad SMARTS) is 1. The van der Waals surface area contributed by atoms with Crippen molar-refractivity contribution in [2.45, 2.75) is 58.5 Å². The standard InChI is InChI=1S/C13H24O4/c1-10(2)9-13(17-4,11(3)14)8-6-5-7-12(15)16/h10H,5-9H2,1-4H3,(H,15,16). The van der Waals surface area contributed by atoms with Gasteiger partial charge in [0.05, 0.1) is 0 Å². The van der Waals surface area contributed by atoms with Crippen molar-refractivity contribution in [2.75, 3.05) is 7.11 Å². The lowest BCUT2D eigenvalue weighted by Crippen LogP contribution is -2.40. The van der Waals surface area contributed by atoms with Crippen LogP contribution >= 0.6 is 0 Å². The Kier molecular flexibility index (Phi) is 7.04. The number of Topliss-reactive ketones (excluding diaryl/α,β-unsaturated/α-hetero) is 1. The van der Waals surface area contributed by atoms with Crippen LogP contribution in [0.4, 0.5) is 0 Å². The summed E-state index contributed by atoms with van der Waals surface area (Å²) < 4.78 is 5.42. The van der Waals surface area contributed by atoms with Gasteiger partial charge in [-0.3, -0.25) is 9.59 Å². The largest absolute Gasteiger partial charge is 0.481 e. The topological polar surface area (TPSA) is 63.6 Å². The van der Waals surface area contributed by atoms with Gasteiger partial charge in [0.1, 0.15) is 5.60 Å². The van der Waals surface area contributed by atoms with Crippen LogP contribution < -0.4 is 0 Å². The molecule has 0 aliphatic carbocycles. The summed E-state index contributed by atoms with van der Waals surface area (Å²) in [4.78, 5) is 22.1. The SMILES string of the molecule is COC(CCCCC(=O)O)(CC(C)C)C(C)=O. The Balaban J connectivity index is 4.37. The maximum atomic E-state index is 11.7. The lowest BCUT2D eigenvalue weighted by atomic mass is 9.84. The molecule has 1 N–H and O–H groups in total. The van der Waals surface area contributed by atoms with Crippen LogP contribution in [0.15, 0.2) is 0 Å². The van der Waals surface area contributed by atoms with Crippen molar-refractivity contribution in [1.82, 2.24) is 0 Å². The molecule has 1 unspecified atom stereocenters. The number of methoxy groups -OCH3 is 1. The average Bonchev–Trinajstić information content (AvgIpc) is 2.21. The van der Waals surface area contributed by atoms with E-state index in [1.807, 2.05) is 13.8 Å². The zero-order valence-corrected chi connectivity index (χ0v) is 11.3. The van der Waals surface area contributed by atoms with Gasteiger partial charge in [-0.2, -0.15) is 0 Å². The zero-order chi connectivity index (χ0) is 13.5. The molecule has 0 aliphatic rings. The summed E-state index contributed by atoms with van der Waals surface area (Å²) in [6, 6.07) is 0. The molecule has 1 atom stereocenters. The van der Waals surface area contributed by atoms with Gasteiger partial charge in [0.2, 0.25) is 0 Å². The van der Waals surface area contributed by atoms with Crippen molar-refractivity contribution in [2.24, 2.45) is 5.92 Å². The second-order valence-corrected chi connectivity index (χ2v) is 4.95. The van der Waals surface area contributed by atoms with Crippen molar-refractivity contribution in [1.29, 1.82) is 0 Å². The molecule has 0 saturated carbocycles. The van der Waals surface area contributed by atoms with Crippen molar-refractivity contribution in [3.8, 4) is 0 Å². The van der Waals surface area contributed by atoms with E-state index in [4.69, 9.17) is 9.84 Å². The van der Waals surface area contributed by atoms with Crippen molar-refractivity contribution >= 4 is 11.8 Å². The Hall–Kier alpha value is -0.900. The second kappa shape index (κ2) is 7.43. The molecular formula is C13H24O4. The summed E-state index contributed by atoms with van der Waals surface area (Å²) in [5.74, 6) is -0.387. The number of carbonyl (C=O) groups excluding carboxylic acids is 1. The van der Waals surface area contributed by atoms with Gasteiger partial charge in [-0.15, -0.1) is 0 Å². The number of rotatable bonds is 9. The minimum Gasteiger partial charge on any atom is -0.481 e. The van der Waals surface area contributed by atoms with Gasteiger partial charge < -0.3 is 9.84 Å². The molecule has 0 aromatic rings. The van der Waals surface area contributed by atoms with Gasteiger partial charge in [0.15, 0.2) is 5.78 Å². The summed E-state index contributed by atoms with van der Waals surface area (Å²) in [6.45, 7) is 5.64. The maximum absolute atomic E-state index is 11.7. The molecule has 17 heavy (non-hydrogen) atoms. The van der Waals surface area contributed by atoms with E-state index in [2.05, 4.69) is 0 Å². The molecule has 0 aromatic carbocycles. The third-order valence-electron chi connectivity index (χ3n) is 2.99. The number of aliphatic carboxylic acids is 1. The number of ketones is 1. The number of carbonyl (C=O) groups is 2. The molecule has 100 valence electrons. The van der Waals surface area contributed by atoms with Crippen LogP contribution in [0.2, 0.25) is 0 Å². The van der Waals surface area contributed by atoms with Crippen LogP contribution in [0, 0.1) is 5.92 Å². The average molecular weight is 244 g/mol. The first-order valence-corrected chi connectivity index (χ1v) is 6.12. The van der Waals surface area contributed by atoms with E-state index in [0.717, 1.165) is 0 Å². The van der Waals surface area contributed by atoms with Crippen molar-refractivity contribution in [3.63, 3.8) is 0 Å². The Morgan fingerprint density at radius 3 is 2.24 bits per heavy atom. The van der Waals surface area contributed by atoms with E-state index in [9.17, 15) is 9.59 Å². The monoisotopic (exact) mass is 244 g/mol. The first-order valence-electron chi connectivity index (χ1n) is 6.12. The molecule has 0 rings (SSSR count). The molecule has 4 nitrogen and oxygen atoms in total. The minimum atomic E-state index is -0.792. The molecule has 0 bridgehead atoms. The van der Waals surface area contributed by atoms with Crippen LogP contribution in [-0.4, -0.2) is 29.6 Å². The Bertz CT molecular complexity index is 260. The number of unbranched alkanes of at least 4 members (excludes halogenated alkanes) is 1. The molecule has 0 saturated heterocycles. The Morgan fingerprint density at radius 1 is 1.29 bits per heavy atom. The van der Waals surface area contributed by atoms with Gasteiger partial charge in [-0.05, 0) is 38.5 Å². The number of ether oxygens (including phenoxy) is 1. The Morgan fingerprint density at radius 2 is 1.88 bits per heavy atom. The van der Waals surface area contributed by atoms with Crippen LogP contribution in [0.1, 0.15) is 52.9 Å². The highest BCUT2D eigenvalue weighted by molar-refractivity contribution is 5.84. The Labute approximate surface area is 103 Å². The molecule has 0 radical (unpaired) electrons. The molecular weight excluding hydrogens is 220 g/mol. The van der Waals surface area contributed by atoms with Crippen LogP contribution in [0.5, 0.6) is 0 Å². The highest BCUT2D eigenvalue weighted by Crippen LogP contribution is 2.28. The molecule has 4 heteroatoms. The van der Waals surface area contributed by atoms with Crippen LogP contribution in [0.3, 0.4) is 0 Å². The molecule has 0 aliphatic heterocycles. The number of carboxylic acids is 1. The van der Waals surface area contributed by atoms with Gasteiger partial charge in [0.25, 0.3) is 0 Å². The van der Waals surface area contributed by atoms with E-state index in [1.54, 1.807) is 14.0 Å². The molecule has 0 amide bonds. The molecule has 0 spiro atoms. The fourth-order valence-corrected chi connectivity index (χ4v) is 2.10. The summed E-state index contributed by atoms with van der Waals surface area (Å²) in [6.07, 6.45) is 2.73. The number of hydrogen-bond donors (Lipinski definition) is 1. The molecule has 0 aromatic heterocycles. The van der Waals surface area contributed by atoms with E-state index in [-0.39, 0.29) is 12.2 Å². The predicted octanol–water partition coefficient (Wildman–Crippen LogP) is 2.65. The summed E-state index contributed by atoms with van der Waals surface area (Å²) in [5.41, 5.74) is -0.729. The van der Waals surface area contributed by atoms with Crippen LogP contribution in [-0.2, 0) is 14.3 Å². The fraction of sp³-hybridized carbons (Fsp3) is 0.846. The summed E-state index contributed by atoms with van der Waals surface area (Å²) >= 11 is 0. The van der Waals surface area contributed by atoms with Gasteiger partial charge in [-0.1, -0.05) is 13.8 Å². The van der Waals surface area contributed by atoms with E-state index < -0.39 is 11.6 Å². The summed E-state index contributed by atoms with van der Waals surface area (Å²) in [7, 11) is 1.56.